The molecular weight excluding hydrogens is 388 g/mol. The van der Waals surface area contributed by atoms with Crippen LogP contribution >= 0.6 is 15.9 Å². The van der Waals surface area contributed by atoms with Gasteiger partial charge in [0.2, 0.25) is 0 Å². The monoisotopic (exact) mass is 414 g/mol. The van der Waals surface area contributed by atoms with Crippen LogP contribution < -0.4 is 5.32 Å². The van der Waals surface area contributed by atoms with Crippen LogP contribution in [0, 0.1) is 6.92 Å². The molecule has 1 heterocycles. The van der Waals surface area contributed by atoms with Gasteiger partial charge in [-0.15, -0.1) is 0 Å². The van der Waals surface area contributed by atoms with Crippen LogP contribution in [0.4, 0.5) is 0 Å². The second kappa shape index (κ2) is 7.93. The van der Waals surface area contributed by atoms with Crippen LogP contribution in [0.3, 0.4) is 0 Å². The fourth-order valence-electron chi connectivity index (χ4n) is 3.85. The lowest BCUT2D eigenvalue weighted by atomic mass is 9.86. The maximum atomic E-state index is 13.1. The summed E-state index contributed by atoms with van der Waals surface area (Å²) in [5, 5.41) is 3.33. The zero-order chi connectivity index (χ0) is 18.7. The summed E-state index contributed by atoms with van der Waals surface area (Å²) < 4.78 is 0.959. The number of rotatable bonds is 5. The summed E-state index contributed by atoms with van der Waals surface area (Å²) in [6, 6.07) is 16.0. The predicted molar refractivity (Wildman–Crippen MR) is 110 cm³/mol. The van der Waals surface area contributed by atoms with Crippen LogP contribution in [0.25, 0.3) is 0 Å². The Morgan fingerprint density at radius 2 is 1.73 bits per heavy atom. The zero-order valence-corrected chi connectivity index (χ0v) is 17.3. The van der Waals surface area contributed by atoms with E-state index in [1.165, 1.54) is 12.8 Å². The lowest BCUT2D eigenvalue weighted by Crippen LogP contribution is -2.52. The molecule has 1 aliphatic rings. The largest absolute Gasteiger partial charge is 0.343 e. The molecule has 0 radical (unpaired) electrons. The van der Waals surface area contributed by atoms with Crippen molar-refractivity contribution in [1.29, 1.82) is 0 Å². The minimum Gasteiger partial charge on any atom is -0.343 e. The minimum atomic E-state index is -0.159. The number of hydrogen-bond donors (Lipinski definition) is 1. The number of halogens is 1. The summed E-state index contributed by atoms with van der Waals surface area (Å²) in [4.78, 5) is 15.6. The lowest BCUT2D eigenvalue weighted by Gasteiger charge is -2.42. The van der Waals surface area contributed by atoms with Crippen molar-refractivity contribution in [2.75, 3.05) is 13.1 Å². The van der Waals surface area contributed by atoms with Gasteiger partial charge in [0.25, 0.3) is 5.91 Å². The molecule has 3 rings (SSSR count). The van der Waals surface area contributed by atoms with E-state index >= 15 is 0 Å². The highest BCUT2D eigenvalue weighted by Crippen LogP contribution is 2.34. The zero-order valence-electron chi connectivity index (χ0n) is 15.8. The number of nitrogens with one attached hydrogen (secondary N) is 1. The Bertz CT molecular complexity index is 767. The lowest BCUT2D eigenvalue weighted by molar-refractivity contribution is 0.0778. The third-order valence-corrected chi connectivity index (χ3v) is 6.41. The molecule has 1 fully saturated rings. The van der Waals surface area contributed by atoms with Gasteiger partial charge in [0.05, 0.1) is 6.04 Å². The molecule has 1 amide bonds. The van der Waals surface area contributed by atoms with Crippen molar-refractivity contribution in [3.8, 4) is 0 Å². The Balaban J connectivity index is 1.93. The van der Waals surface area contributed by atoms with Gasteiger partial charge >= 0.3 is 0 Å². The molecule has 1 unspecified atom stereocenters. The van der Waals surface area contributed by atoms with E-state index in [-0.39, 0.29) is 17.5 Å². The number of benzene rings is 2. The predicted octanol–water partition coefficient (Wildman–Crippen LogP) is 5.10. The molecule has 0 bridgehead atoms. The van der Waals surface area contributed by atoms with E-state index in [4.69, 9.17) is 0 Å². The molecule has 1 aliphatic heterocycles. The second-order valence-corrected chi connectivity index (χ2v) is 8.43. The van der Waals surface area contributed by atoms with Gasteiger partial charge in [-0.2, -0.15) is 0 Å². The van der Waals surface area contributed by atoms with E-state index in [0.29, 0.717) is 0 Å². The van der Waals surface area contributed by atoms with Gasteiger partial charge < -0.3 is 5.32 Å². The molecule has 4 heteroatoms. The molecule has 2 aromatic carbocycles. The van der Waals surface area contributed by atoms with Gasteiger partial charge in [-0.1, -0.05) is 52.3 Å². The van der Waals surface area contributed by atoms with Gasteiger partial charge in [-0.3, -0.25) is 9.69 Å². The van der Waals surface area contributed by atoms with Crippen molar-refractivity contribution in [1.82, 2.24) is 10.2 Å². The third-order valence-electron chi connectivity index (χ3n) is 5.55. The molecule has 0 spiro atoms. The van der Waals surface area contributed by atoms with Gasteiger partial charge in [-0.05, 0) is 70.0 Å². The van der Waals surface area contributed by atoms with E-state index in [0.717, 1.165) is 34.3 Å². The molecule has 1 atom stereocenters. The smallest absolute Gasteiger partial charge is 0.252 e. The molecule has 0 aromatic heterocycles. The molecule has 1 N–H and O–H groups in total. The molecule has 3 nitrogen and oxygen atoms in total. The van der Waals surface area contributed by atoms with Gasteiger partial charge in [-0.25, -0.2) is 0 Å². The van der Waals surface area contributed by atoms with E-state index in [9.17, 15) is 4.79 Å². The molecule has 138 valence electrons. The number of carbonyl (C=O) groups excluding carboxylic acids is 1. The fourth-order valence-corrected chi connectivity index (χ4v) is 4.22. The van der Waals surface area contributed by atoms with Crippen molar-refractivity contribution < 1.29 is 4.79 Å². The minimum absolute atomic E-state index is 0.0232. The third kappa shape index (κ3) is 3.86. The van der Waals surface area contributed by atoms with Crippen molar-refractivity contribution in [3.05, 3.63) is 69.7 Å². The Morgan fingerprint density at radius 1 is 1.08 bits per heavy atom. The topological polar surface area (TPSA) is 32.3 Å². The van der Waals surface area contributed by atoms with E-state index in [1.54, 1.807) is 0 Å². The molecular formula is C22H27BrN2O. The number of hydrogen-bond acceptors (Lipinski definition) is 2. The number of amides is 1. The average Bonchev–Trinajstić information content (AvgIpc) is 3.18. The van der Waals surface area contributed by atoms with Crippen molar-refractivity contribution >= 4 is 21.8 Å². The number of likely N-dealkylation sites (tertiary alicyclic amines) is 1. The van der Waals surface area contributed by atoms with Gasteiger partial charge in [0.1, 0.15) is 0 Å². The molecule has 2 aromatic rings. The maximum Gasteiger partial charge on any atom is 0.252 e. The first-order valence-corrected chi connectivity index (χ1v) is 10.1. The SMILES string of the molecule is Cc1c(Br)cccc1C(=O)NC(c1ccccc1)C(C)(C)N1CCCC1. The first-order valence-electron chi connectivity index (χ1n) is 9.27. The Labute approximate surface area is 164 Å². The van der Waals surface area contributed by atoms with Crippen LogP contribution in [0.5, 0.6) is 0 Å². The molecule has 0 aliphatic carbocycles. The first kappa shape index (κ1) is 19.1. The quantitative estimate of drug-likeness (QED) is 0.737. The summed E-state index contributed by atoms with van der Waals surface area (Å²) in [7, 11) is 0. The Morgan fingerprint density at radius 3 is 2.38 bits per heavy atom. The summed E-state index contributed by atoms with van der Waals surface area (Å²) in [5.41, 5.74) is 2.67. The summed E-state index contributed by atoms with van der Waals surface area (Å²) in [5.74, 6) is -0.0232. The van der Waals surface area contributed by atoms with Crippen molar-refractivity contribution in [2.45, 2.75) is 45.2 Å². The van der Waals surface area contributed by atoms with E-state index in [1.807, 2.05) is 43.3 Å². The summed E-state index contributed by atoms with van der Waals surface area (Å²) in [6.07, 6.45) is 2.45. The van der Waals surface area contributed by atoms with Crippen LogP contribution in [-0.4, -0.2) is 29.4 Å². The first-order chi connectivity index (χ1) is 12.4. The van der Waals surface area contributed by atoms with Crippen molar-refractivity contribution in [2.24, 2.45) is 0 Å². The highest BCUT2D eigenvalue weighted by Gasteiger charge is 2.38. The Kier molecular flexibility index (Phi) is 5.83. The van der Waals surface area contributed by atoms with Crippen LogP contribution in [-0.2, 0) is 0 Å². The molecule has 1 saturated heterocycles. The normalized spacial score (nSPS) is 16.5. The van der Waals surface area contributed by atoms with Crippen LogP contribution in [0.2, 0.25) is 0 Å². The van der Waals surface area contributed by atoms with E-state index in [2.05, 4.69) is 52.1 Å². The fraction of sp³-hybridized carbons (Fsp3) is 0.409. The maximum absolute atomic E-state index is 13.1. The van der Waals surface area contributed by atoms with Crippen LogP contribution in [0.1, 0.15) is 54.2 Å². The molecule has 0 saturated carbocycles. The second-order valence-electron chi connectivity index (χ2n) is 7.58. The highest BCUT2D eigenvalue weighted by molar-refractivity contribution is 9.10. The highest BCUT2D eigenvalue weighted by atomic mass is 79.9. The summed E-state index contributed by atoms with van der Waals surface area (Å²) >= 11 is 3.53. The number of nitrogens with zero attached hydrogens (tertiary/aromatic N) is 1. The van der Waals surface area contributed by atoms with E-state index < -0.39 is 0 Å². The molecule has 26 heavy (non-hydrogen) atoms. The van der Waals surface area contributed by atoms with Crippen LogP contribution in [0.15, 0.2) is 53.0 Å². The van der Waals surface area contributed by atoms with Gasteiger partial charge in [0.15, 0.2) is 0 Å². The number of carbonyl (C=O) groups is 1. The Hall–Kier alpha value is -1.65. The van der Waals surface area contributed by atoms with Crippen molar-refractivity contribution in [3.63, 3.8) is 0 Å². The standard InChI is InChI=1S/C22H27BrN2O/c1-16-18(12-9-13-19(16)23)21(26)24-20(17-10-5-4-6-11-17)22(2,3)25-14-7-8-15-25/h4-6,9-13,20H,7-8,14-15H2,1-3H3,(H,24,26). The van der Waals surface area contributed by atoms with Gasteiger partial charge in [0, 0.05) is 15.6 Å². The average molecular weight is 415 g/mol. The summed E-state index contributed by atoms with van der Waals surface area (Å²) in [6.45, 7) is 8.63.